The zero-order valence-electron chi connectivity index (χ0n) is 13.6. The molecule has 8 heteroatoms. The van der Waals surface area contributed by atoms with Crippen LogP contribution in [0, 0.1) is 13.8 Å². The van der Waals surface area contributed by atoms with Crippen molar-refractivity contribution in [1.82, 2.24) is 20.0 Å². The van der Waals surface area contributed by atoms with Gasteiger partial charge in [0.2, 0.25) is 4.80 Å². The zero-order chi connectivity index (χ0) is 17.1. The molecule has 0 aliphatic rings. The van der Waals surface area contributed by atoms with Crippen LogP contribution in [-0.2, 0) is 11.8 Å². The minimum absolute atomic E-state index is 0.180. The van der Waals surface area contributed by atoms with Crippen molar-refractivity contribution in [3.05, 3.63) is 46.5 Å². The second kappa shape index (κ2) is 7.14. The van der Waals surface area contributed by atoms with E-state index in [1.54, 1.807) is 0 Å². The first-order valence-electron chi connectivity index (χ1n) is 7.35. The fourth-order valence-corrected chi connectivity index (χ4v) is 3.94. The summed E-state index contributed by atoms with van der Waals surface area (Å²) in [6, 6.07) is 9.94. The largest absolute Gasteiger partial charge is 0.318 e. The Morgan fingerprint density at radius 2 is 2.00 bits per heavy atom. The summed E-state index contributed by atoms with van der Waals surface area (Å²) in [5.41, 5.74) is 5.48. The van der Waals surface area contributed by atoms with Crippen molar-refractivity contribution < 1.29 is 4.79 Å². The van der Waals surface area contributed by atoms with Crippen molar-refractivity contribution in [3.8, 4) is 0 Å². The summed E-state index contributed by atoms with van der Waals surface area (Å²) in [6.45, 7) is 3.82. The number of aromatic nitrogens is 3. The molecule has 3 rings (SSSR count). The summed E-state index contributed by atoms with van der Waals surface area (Å²) >= 11 is 2.84. The molecule has 1 aromatic carbocycles. The van der Waals surface area contributed by atoms with Gasteiger partial charge < -0.3 is 4.57 Å². The standard InChI is InChI=1S/C16H17N5OS2/c1-10-8-11(2)18-15(17-10)23-9-14(22)19-20-16-21(3)12-6-4-5-7-13(12)24-16/h4-8H,9H2,1-3H3,(H,19,22)/b20-16-. The average molecular weight is 359 g/mol. The summed E-state index contributed by atoms with van der Waals surface area (Å²) < 4.78 is 3.09. The molecule has 1 amide bonds. The van der Waals surface area contributed by atoms with Crippen LogP contribution in [0.5, 0.6) is 0 Å². The predicted octanol–water partition coefficient (Wildman–Crippen LogP) is 2.37. The number of benzene rings is 1. The third kappa shape index (κ3) is 3.82. The Labute approximate surface area is 147 Å². The molecule has 6 nitrogen and oxygen atoms in total. The van der Waals surface area contributed by atoms with Crippen LogP contribution in [0.2, 0.25) is 0 Å². The molecular formula is C16H17N5OS2. The Morgan fingerprint density at radius 1 is 1.29 bits per heavy atom. The molecule has 2 heterocycles. The van der Waals surface area contributed by atoms with Gasteiger partial charge in [-0.25, -0.2) is 15.4 Å². The van der Waals surface area contributed by atoms with Crippen molar-refractivity contribution in [1.29, 1.82) is 0 Å². The molecule has 1 N–H and O–H groups in total. The Morgan fingerprint density at radius 3 is 2.71 bits per heavy atom. The molecule has 0 saturated heterocycles. The van der Waals surface area contributed by atoms with Gasteiger partial charge in [0.25, 0.3) is 5.91 Å². The molecule has 0 spiro atoms. The number of carbonyl (C=O) groups is 1. The monoisotopic (exact) mass is 359 g/mol. The number of fused-ring (bicyclic) bond motifs is 1. The van der Waals surface area contributed by atoms with Crippen LogP contribution in [0.15, 0.2) is 40.6 Å². The minimum Gasteiger partial charge on any atom is -0.318 e. The molecule has 0 fully saturated rings. The SMILES string of the molecule is Cc1cc(C)nc(SCC(=O)N/N=c2\sc3ccccc3n2C)n1. The highest BCUT2D eigenvalue weighted by atomic mass is 32.2. The maximum atomic E-state index is 12.0. The molecule has 0 aliphatic carbocycles. The highest BCUT2D eigenvalue weighted by Crippen LogP contribution is 2.15. The van der Waals surface area contributed by atoms with Gasteiger partial charge in [-0.15, -0.1) is 5.10 Å². The smallest absolute Gasteiger partial charge is 0.250 e. The van der Waals surface area contributed by atoms with Crippen molar-refractivity contribution >= 4 is 39.2 Å². The van der Waals surface area contributed by atoms with E-state index in [-0.39, 0.29) is 11.7 Å². The average Bonchev–Trinajstić information content (AvgIpc) is 2.87. The number of nitrogens with zero attached hydrogens (tertiary/aromatic N) is 4. The van der Waals surface area contributed by atoms with Crippen molar-refractivity contribution in [2.45, 2.75) is 19.0 Å². The molecule has 0 atom stereocenters. The third-order valence-corrected chi connectivity index (χ3v) is 5.25. The number of para-hydroxylation sites is 1. The lowest BCUT2D eigenvalue weighted by atomic mass is 10.3. The fourth-order valence-electron chi connectivity index (χ4n) is 2.22. The number of hydrogen-bond acceptors (Lipinski definition) is 6. The lowest BCUT2D eigenvalue weighted by Gasteiger charge is -2.02. The first-order valence-corrected chi connectivity index (χ1v) is 9.15. The van der Waals surface area contributed by atoms with Gasteiger partial charge in [0.15, 0.2) is 5.16 Å². The van der Waals surface area contributed by atoms with Gasteiger partial charge in [0.05, 0.1) is 16.0 Å². The molecule has 0 aliphatic heterocycles. The summed E-state index contributed by atoms with van der Waals surface area (Å²) in [7, 11) is 1.93. The van der Waals surface area contributed by atoms with Gasteiger partial charge in [0.1, 0.15) is 0 Å². The van der Waals surface area contributed by atoms with Crippen LogP contribution in [0.3, 0.4) is 0 Å². The molecule has 3 aromatic rings. The van der Waals surface area contributed by atoms with Crippen LogP contribution < -0.4 is 10.2 Å². The van der Waals surface area contributed by atoms with E-state index < -0.39 is 0 Å². The van der Waals surface area contributed by atoms with E-state index in [0.717, 1.165) is 26.4 Å². The number of hydrogen-bond donors (Lipinski definition) is 1. The molecular weight excluding hydrogens is 342 g/mol. The Balaban J connectivity index is 1.67. The van der Waals surface area contributed by atoms with E-state index in [9.17, 15) is 4.79 Å². The maximum absolute atomic E-state index is 12.0. The Hall–Kier alpha value is -2.19. The van der Waals surface area contributed by atoms with E-state index in [0.29, 0.717) is 5.16 Å². The van der Waals surface area contributed by atoms with Gasteiger partial charge in [-0.3, -0.25) is 4.79 Å². The summed E-state index contributed by atoms with van der Waals surface area (Å²) in [5.74, 6) is 0.0429. The van der Waals surface area contributed by atoms with Crippen LogP contribution in [0.4, 0.5) is 0 Å². The second-order valence-electron chi connectivity index (χ2n) is 5.28. The number of thiazole rings is 1. The maximum Gasteiger partial charge on any atom is 0.250 e. The quantitative estimate of drug-likeness (QED) is 0.441. The molecule has 0 bridgehead atoms. The van der Waals surface area contributed by atoms with Crippen LogP contribution >= 0.6 is 23.1 Å². The number of amides is 1. The summed E-state index contributed by atoms with van der Waals surface area (Å²) in [4.78, 5) is 21.4. The fraction of sp³-hybridized carbons (Fsp3) is 0.250. The number of thioether (sulfide) groups is 1. The van der Waals surface area contributed by atoms with E-state index in [1.807, 2.05) is 55.8 Å². The van der Waals surface area contributed by atoms with Gasteiger partial charge in [0, 0.05) is 18.4 Å². The number of carbonyl (C=O) groups excluding carboxylic acids is 1. The topological polar surface area (TPSA) is 72.2 Å². The Kier molecular flexibility index (Phi) is 4.96. The molecule has 0 saturated carbocycles. The molecule has 124 valence electrons. The lowest BCUT2D eigenvalue weighted by Crippen LogP contribution is -2.24. The van der Waals surface area contributed by atoms with Gasteiger partial charge in [-0.2, -0.15) is 0 Å². The zero-order valence-corrected chi connectivity index (χ0v) is 15.2. The van der Waals surface area contributed by atoms with E-state index in [1.165, 1.54) is 23.1 Å². The minimum atomic E-state index is -0.180. The van der Waals surface area contributed by atoms with Crippen molar-refractivity contribution in [3.63, 3.8) is 0 Å². The third-order valence-electron chi connectivity index (χ3n) is 3.29. The van der Waals surface area contributed by atoms with E-state index in [4.69, 9.17) is 0 Å². The first-order chi connectivity index (χ1) is 11.5. The lowest BCUT2D eigenvalue weighted by molar-refractivity contribution is -0.118. The predicted molar refractivity (Wildman–Crippen MR) is 96.7 cm³/mol. The molecule has 0 radical (unpaired) electrons. The molecule has 2 aromatic heterocycles. The number of rotatable bonds is 4. The molecule has 24 heavy (non-hydrogen) atoms. The van der Waals surface area contributed by atoms with Crippen LogP contribution in [0.1, 0.15) is 11.4 Å². The van der Waals surface area contributed by atoms with Gasteiger partial charge >= 0.3 is 0 Å². The van der Waals surface area contributed by atoms with Crippen molar-refractivity contribution in [2.24, 2.45) is 12.1 Å². The summed E-state index contributed by atoms with van der Waals surface area (Å²) in [6.07, 6.45) is 0. The van der Waals surface area contributed by atoms with Crippen LogP contribution in [0.25, 0.3) is 10.2 Å². The van der Waals surface area contributed by atoms with Gasteiger partial charge in [-0.1, -0.05) is 35.2 Å². The number of aryl methyl sites for hydroxylation is 3. The summed E-state index contributed by atoms with van der Waals surface area (Å²) in [5, 5.41) is 4.82. The second-order valence-corrected chi connectivity index (χ2v) is 7.23. The van der Waals surface area contributed by atoms with Crippen LogP contribution in [-0.4, -0.2) is 26.2 Å². The normalized spacial score (nSPS) is 11.9. The highest BCUT2D eigenvalue weighted by Gasteiger charge is 2.06. The van der Waals surface area contributed by atoms with E-state index in [2.05, 4.69) is 20.5 Å². The van der Waals surface area contributed by atoms with Gasteiger partial charge in [-0.05, 0) is 32.0 Å². The van der Waals surface area contributed by atoms with E-state index >= 15 is 0 Å². The Bertz CT molecular complexity index is 940. The highest BCUT2D eigenvalue weighted by molar-refractivity contribution is 7.99. The molecule has 0 unspecified atom stereocenters. The number of nitrogens with one attached hydrogen (secondary N) is 1. The first kappa shape index (κ1) is 16.7. The van der Waals surface area contributed by atoms with Crippen molar-refractivity contribution in [2.75, 3.05) is 5.75 Å².